The molecule has 0 fully saturated rings. The average Bonchev–Trinajstić information content (AvgIpc) is 3.03. The van der Waals surface area contributed by atoms with Gasteiger partial charge in [0.1, 0.15) is 0 Å². The molecule has 2 aromatic heterocycles. The molecule has 1 aliphatic rings. The van der Waals surface area contributed by atoms with E-state index >= 15 is 0 Å². The minimum atomic E-state index is -0.521. The number of hydrogen-bond acceptors (Lipinski definition) is 7. The molecule has 0 bridgehead atoms. The summed E-state index contributed by atoms with van der Waals surface area (Å²) in [6, 6.07) is 4.04. The van der Waals surface area contributed by atoms with E-state index in [2.05, 4.69) is 19.9 Å². The highest BCUT2D eigenvalue weighted by molar-refractivity contribution is 6.11. The van der Waals surface area contributed by atoms with Crippen molar-refractivity contribution in [1.82, 2.24) is 19.9 Å². The Kier molecular flexibility index (Phi) is 4.79. The van der Waals surface area contributed by atoms with Crippen LogP contribution in [0.25, 0.3) is 11.6 Å². The molecule has 1 aliphatic heterocycles. The molecule has 1 atom stereocenters. The number of amides is 1. The molecule has 0 spiro atoms. The number of ether oxygens (including phenoxy) is 2. The summed E-state index contributed by atoms with van der Waals surface area (Å²) in [5, 5.41) is 0. The summed E-state index contributed by atoms with van der Waals surface area (Å²) < 4.78 is 24.8. The second kappa shape index (κ2) is 7.42. The van der Waals surface area contributed by atoms with Gasteiger partial charge in [-0.15, -0.1) is 0 Å². The van der Waals surface area contributed by atoms with E-state index in [-0.39, 0.29) is 23.3 Å². The summed E-state index contributed by atoms with van der Waals surface area (Å²) in [5.74, 6) is 0.343. The van der Waals surface area contributed by atoms with Gasteiger partial charge in [0, 0.05) is 18.0 Å². The molecule has 0 saturated carbocycles. The molecular weight excluding hydrogens is 377 g/mol. The first-order chi connectivity index (χ1) is 14.1. The quantitative estimate of drug-likeness (QED) is 0.655. The van der Waals surface area contributed by atoms with E-state index in [0.717, 1.165) is 0 Å². The molecule has 8 nitrogen and oxygen atoms in total. The second-order valence-electron chi connectivity index (χ2n) is 6.33. The molecule has 9 heteroatoms. The van der Waals surface area contributed by atoms with E-state index in [9.17, 15) is 9.18 Å². The van der Waals surface area contributed by atoms with Gasteiger partial charge >= 0.3 is 0 Å². The Labute approximate surface area is 166 Å². The number of aromatic nitrogens is 4. The van der Waals surface area contributed by atoms with E-state index in [1.54, 1.807) is 18.5 Å². The van der Waals surface area contributed by atoms with Gasteiger partial charge in [-0.2, -0.15) is 0 Å². The summed E-state index contributed by atoms with van der Waals surface area (Å²) in [6.07, 6.45) is 5.18. The van der Waals surface area contributed by atoms with E-state index in [1.807, 2.05) is 6.92 Å². The molecule has 1 amide bonds. The summed E-state index contributed by atoms with van der Waals surface area (Å²) in [5.41, 5.74) is 0.947. The first-order valence-corrected chi connectivity index (χ1v) is 8.98. The van der Waals surface area contributed by atoms with E-state index in [0.29, 0.717) is 29.1 Å². The lowest BCUT2D eigenvalue weighted by Crippen LogP contribution is -2.29. The number of hydrogen-bond donors (Lipinski definition) is 0. The number of fused-ring (bicyclic) bond motifs is 1. The standard InChI is InChI=1S/C20H18FN5O3/c1-4-14-11-8-13(21)15(28-2)9-12(11)20(27)26(14)19-16(29-3)10-24-18(25-19)17-22-6-5-7-23-17/h5-10,14H,4H2,1-3H3/t14-/m0/s1. The van der Waals surface area contributed by atoms with Crippen LogP contribution in [-0.4, -0.2) is 40.1 Å². The molecule has 1 aromatic carbocycles. The molecule has 29 heavy (non-hydrogen) atoms. The fraction of sp³-hybridized carbons (Fsp3) is 0.250. The van der Waals surface area contributed by atoms with Crippen LogP contribution in [0.4, 0.5) is 10.2 Å². The van der Waals surface area contributed by atoms with Gasteiger partial charge in [0.15, 0.2) is 34.8 Å². The second-order valence-corrected chi connectivity index (χ2v) is 6.33. The zero-order valence-electron chi connectivity index (χ0n) is 16.1. The average molecular weight is 395 g/mol. The Morgan fingerprint density at radius 2 is 1.79 bits per heavy atom. The minimum Gasteiger partial charge on any atom is -0.494 e. The van der Waals surface area contributed by atoms with Crippen LogP contribution in [0.1, 0.15) is 35.3 Å². The normalized spacial score (nSPS) is 15.4. The Morgan fingerprint density at radius 3 is 2.45 bits per heavy atom. The van der Waals surface area contributed by atoms with Gasteiger partial charge in [0.25, 0.3) is 5.91 Å². The van der Waals surface area contributed by atoms with Crippen LogP contribution in [0, 0.1) is 5.82 Å². The molecule has 3 aromatic rings. The van der Waals surface area contributed by atoms with Crippen LogP contribution in [0.3, 0.4) is 0 Å². The predicted molar refractivity (Wildman–Crippen MR) is 102 cm³/mol. The molecular formula is C20H18FN5O3. The van der Waals surface area contributed by atoms with Crippen molar-refractivity contribution in [1.29, 1.82) is 0 Å². The van der Waals surface area contributed by atoms with Gasteiger partial charge < -0.3 is 9.47 Å². The topological polar surface area (TPSA) is 90.3 Å². The number of halogens is 1. The molecule has 0 saturated heterocycles. The first kappa shape index (κ1) is 18.7. The highest BCUT2D eigenvalue weighted by Crippen LogP contribution is 2.43. The highest BCUT2D eigenvalue weighted by Gasteiger charge is 2.40. The van der Waals surface area contributed by atoms with Crippen molar-refractivity contribution in [2.24, 2.45) is 0 Å². The van der Waals surface area contributed by atoms with Crippen molar-refractivity contribution in [2.45, 2.75) is 19.4 Å². The smallest absolute Gasteiger partial charge is 0.260 e. The Morgan fingerprint density at radius 1 is 1.07 bits per heavy atom. The third-order valence-corrected chi connectivity index (χ3v) is 4.78. The Balaban J connectivity index is 1.86. The number of nitrogens with zero attached hydrogens (tertiary/aromatic N) is 5. The minimum absolute atomic E-state index is 0.0156. The fourth-order valence-corrected chi connectivity index (χ4v) is 3.44. The predicted octanol–water partition coefficient (Wildman–Crippen LogP) is 3.20. The summed E-state index contributed by atoms with van der Waals surface area (Å²) in [4.78, 5) is 31.8. The molecule has 148 valence electrons. The zero-order chi connectivity index (χ0) is 20.5. The lowest BCUT2D eigenvalue weighted by Gasteiger charge is -2.25. The van der Waals surface area contributed by atoms with Crippen LogP contribution in [-0.2, 0) is 0 Å². The fourth-order valence-electron chi connectivity index (χ4n) is 3.44. The summed E-state index contributed by atoms with van der Waals surface area (Å²) in [7, 11) is 2.83. The van der Waals surface area contributed by atoms with Crippen molar-refractivity contribution in [2.75, 3.05) is 19.1 Å². The number of rotatable bonds is 5. The van der Waals surface area contributed by atoms with Gasteiger partial charge in [-0.3, -0.25) is 9.69 Å². The molecule has 0 unspecified atom stereocenters. The van der Waals surface area contributed by atoms with Crippen LogP contribution in [0.15, 0.2) is 36.8 Å². The van der Waals surface area contributed by atoms with Gasteiger partial charge in [-0.25, -0.2) is 24.3 Å². The number of carbonyl (C=O) groups is 1. The number of methoxy groups -OCH3 is 2. The molecule has 3 heterocycles. The summed E-state index contributed by atoms with van der Waals surface area (Å²) in [6.45, 7) is 1.91. The van der Waals surface area contributed by atoms with Crippen molar-refractivity contribution in [3.8, 4) is 23.1 Å². The van der Waals surface area contributed by atoms with Gasteiger partial charge in [0.2, 0.25) is 0 Å². The maximum atomic E-state index is 14.3. The van der Waals surface area contributed by atoms with Gasteiger partial charge in [-0.05, 0) is 30.2 Å². The third-order valence-electron chi connectivity index (χ3n) is 4.78. The Hall–Kier alpha value is -3.62. The van der Waals surface area contributed by atoms with E-state index < -0.39 is 11.9 Å². The van der Waals surface area contributed by atoms with Crippen LogP contribution < -0.4 is 14.4 Å². The number of anilines is 1. The van der Waals surface area contributed by atoms with Crippen molar-refractivity contribution in [3.63, 3.8) is 0 Å². The third kappa shape index (κ3) is 3.04. The largest absolute Gasteiger partial charge is 0.494 e. The lowest BCUT2D eigenvalue weighted by atomic mass is 10.0. The highest BCUT2D eigenvalue weighted by atomic mass is 19.1. The maximum Gasteiger partial charge on any atom is 0.260 e. The van der Waals surface area contributed by atoms with Crippen LogP contribution >= 0.6 is 0 Å². The molecule has 0 aliphatic carbocycles. The van der Waals surface area contributed by atoms with E-state index in [4.69, 9.17) is 9.47 Å². The number of benzene rings is 1. The SMILES string of the molecule is CC[C@H]1c2cc(F)c(OC)cc2C(=O)N1c1nc(-c2ncccn2)ncc1OC. The summed E-state index contributed by atoms with van der Waals surface area (Å²) >= 11 is 0. The molecule has 0 radical (unpaired) electrons. The van der Waals surface area contributed by atoms with Crippen LogP contribution in [0.5, 0.6) is 11.5 Å². The molecule has 4 rings (SSSR count). The van der Waals surface area contributed by atoms with Crippen molar-refractivity contribution < 1.29 is 18.7 Å². The Bertz CT molecular complexity index is 1080. The maximum absolute atomic E-state index is 14.3. The molecule has 0 N–H and O–H groups in total. The van der Waals surface area contributed by atoms with Gasteiger partial charge in [0.05, 0.1) is 26.5 Å². The first-order valence-electron chi connectivity index (χ1n) is 8.98. The van der Waals surface area contributed by atoms with Gasteiger partial charge in [-0.1, -0.05) is 6.92 Å². The monoisotopic (exact) mass is 395 g/mol. The lowest BCUT2D eigenvalue weighted by molar-refractivity contribution is 0.0989. The zero-order valence-corrected chi connectivity index (χ0v) is 16.1. The van der Waals surface area contributed by atoms with Crippen molar-refractivity contribution in [3.05, 3.63) is 53.7 Å². The van der Waals surface area contributed by atoms with E-state index in [1.165, 1.54) is 37.4 Å². The van der Waals surface area contributed by atoms with Crippen molar-refractivity contribution >= 4 is 11.7 Å². The number of carbonyl (C=O) groups excluding carboxylic acids is 1. The van der Waals surface area contributed by atoms with Crippen LogP contribution in [0.2, 0.25) is 0 Å².